The number of aliphatic hydroxyl groups is 1. The number of hydrogen-bond acceptors (Lipinski definition) is 2. The van der Waals surface area contributed by atoms with E-state index in [1.54, 1.807) is 0 Å². The van der Waals surface area contributed by atoms with E-state index in [2.05, 4.69) is 44.7 Å². The number of aryl methyl sites for hydroxylation is 3. The molecule has 1 aromatic carbocycles. The van der Waals surface area contributed by atoms with E-state index in [-0.39, 0.29) is 0 Å². The summed E-state index contributed by atoms with van der Waals surface area (Å²) >= 11 is 0. The summed E-state index contributed by atoms with van der Waals surface area (Å²) in [6.45, 7) is 9.47. The summed E-state index contributed by atoms with van der Waals surface area (Å²) in [5, 5.41) is 11.1. The van der Waals surface area contributed by atoms with Crippen molar-refractivity contribution in [1.29, 1.82) is 0 Å². The molecule has 2 nitrogen and oxygen atoms in total. The van der Waals surface area contributed by atoms with Crippen LogP contribution in [0.1, 0.15) is 48.4 Å². The fourth-order valence-corrected chi connectivity index (χ4v) is 3.68. The van der Waals surface area contributed by atoms with Gasteiger partial charge in [0.25, 0.3) is 0 Å². The molecule has 0 spiro atoms. The van der Waals surface area contributed by atoms with Gasteiger partial charge in [-0.1, -0.05) is 12.1 Å². The van der Waals surface area contributed by atoms with E-state index >= 15 is 0 Å². The van der Waals surface area contributed by atoms with Gasteiger partial charge in [-0.15, -0.1) is 0 Å². The molecule has 19 heavy (non-hydrogen) atoms. The second kappa shape index (κ2) is 4.32. The zero-order valence-corrected chi connectivity index (χ0v) is 12.5. The summed E-state index contributed by atoms with van der Waals surface area (Å²) in [6, 6.07) is 5.65. The van der Waals surface area contributed by atoms with Gasteiger partial charge in [0.2, 0.25) is 0 Å². The molecule has 2 fully saturated rings. The van der Waals surface area contributed by atoms with Crippen molar-refractivity contribution >= 4 is 0 Å². The minimum absolute atomic E-state index is 0.499. The van der Waals surface area contributed by atoms with Gasteiger partial charge >= 0.3 is 0 Å². The molecule has 1 heterocycles. The summed E-state index contributed by atoms with van der Waals surface area (Å²) in [5.41, 5.74) is 4.33. The van der Waals surface area contributed by atoms with Gasteiger partial charge in [0.1, 0.15) is 5.60 Å². The van der Waals surface area contributed by atoms with Gasteiger partial charge in [0, 0.05) is 18.6 Å². The molecule has 0 radical (unpaired) electrons. The quantitative estimate of drug-likeness (QED) is 0.882. The molecule has 2 unspecified atom stereocenters. The highest BCUT2D eigenvalue weighted by atomic mass is 16.3. The largest absolute Gasteiger partial charge is 0.384 e. The molecule has 0 bridgehead atoms. The van der Waals surface area contributed by atoms with E-state index < -0.39 is 5.60 Å². The van der Waals surface area contributed by atoms with Crippen molar-refractivity contribution in [2.24, 2.45) is 0 Å². The molecule has 0 amide bonds. The Morgan fingerprint density at radius 3 is 2.37 bits per heavy atom. The standard InChI is InChI=1S/C17H25NO/c1-11-7-13(3)16(8-12(11)2)17(19)9-14(4)18(10-17)15-5-6-15/h7-8,14-15,19H,5-6,9-10H2,1-4H3. The lowest BCUT2D eigenvalue weighted by Gasteiger charge is -2.26. The highest BCUT2D eigenvalue weighted by molar-refractivity contribution is 5.40. The van der Waals surface area contributed by atoms with Crippen LogP contribution in [0.15, 0.2) is 12.1 Å². The van der Waals surface area contributed by atoms with E-state index in [1.807, 2.05) is 0 Å². The Morgan fingerprint density at radius 1 is 1.11 bits per heavy atom. The van der Waals surface area contributed by atoms with Gasteiger partial charge < -0.3 is 5.11 Å². The first kappa shape index (κ1) is 13.1. The minimum atomic E-state index is -0.648. The Hall–Kier alpha value is -0.860. The molecule has 1 saturated heterocycles. The number of likely N-dealkylation sites (tertiary alicyclic amines) is 1. The third kappa shape index (κ3) is 2.21. The van der Waals surface area contributed by atoms with Crippen LogP contribution in [-0.2, 0) is 5.60 Å². The smallest absolute Gasteiger partial charge is 0.104 e. The second-order valence-electron chi connectivity index (χ2n) is 6.74. The molecule has 104 valence electrons. The molecular formula is C17H25NO. The maximum atomic E-state index is 11.1. The molecule has 1 aromatic rings. The van der Waals surface area contributed by atoms with Crippen molar-refractivity contribution in [3.05, 3.63) is 34.4 Å². The topological polar surface area (TPSA) is 23.5 Å². The van der Waals surface area contributed by atoms with Crippen LogP contribution in [0.2, 0.25) is 0 Å². The van der Waals surface area contributed by atoms with Crippen molar-refractivity contribution < 1.29 is 5.11 Å². The maximum Gasteiger partial charge on any atom is 0.104 e. The van der Waals surface area contributed by atoms with Crippen LogP contribution in [0.25, 0.3) is 0 Å². The second-order valence-corrected chi connectivity index (χ2v) is 6.74. The average Bonchev–Trinajstić information content (AvgIpc) is 3.10. The van der Waals surface area contributed by atoms with E-state index in [4.69, 9.17) is 0 Å². The predicted molar refractivity (Wildman–Crippen MR) is 78.4 cm³/mol. The highest BCUT2D eigenvalue weighted by Gasteiger charge is 2.47. The molecule has 3 rings (SSSR count). The van der Waals surface area contributed by atoms with E-state index in [0.717, 1.165) is 24.6 Å². The number of benzene rings is 1. The Morgan fingerprint density at radius 2 is 1.74 bits per heavy atom. The van der Waals surface area contributed by atoms with Crippen molar-refractivity contribution in [1.82, 2.24) is 4.90 Å². The normalized spacial score (nSPS) is 31.9. The molecule has 1 N–H and O–H groups in total. The Kier molecular flexibility index (Phi) is 2.99. The molecule has 0 aromatic heterocycles. The van der Waals surface area contributed by atoms with Crippen LogP contribution in [0.3, 0.4) is 0 Å². The van der Waals surface area contributed by atoms with Crippen LogP contribution in [0.4, 0.5) is 0 Å². The summed E-state index contributed by atoms with van der Waals surface area (Å²) in [7, 11) is 0. The Bertz CT molecular complexity index is 506. The first-order valence-corrected chi connectivity index (χ1v) is 7.47. The third-order valence-corrected chi connectivity index (χ3v) is 5.00. The van der Waals surface area contributed by atoms with Gasteiger partial charge in [0.15, 0.2) is 0 Å². The van der Waals surface area contributed by atoms with Crippen LogP contribution in [-0.4, -0.2) is 28.6 Å². The lowest BCUT2D eigenvalue weighted by Crippen LogP contribution is -2.33. The zero-order chi connectivity index (χ0) is 13.8. The third-order valence-electron chi connectivity index (χ3n) is 5.00. The lowest BCUT2D eigenvalue weighted by molar-refractivity contribution is 0.0445. The molecule has 1 aliphatic carbocycles. The fourth-order valence-electron chi connectivity index (χ4n) is 3.68. The molecule has 2 atom stereocenters. The van der Waals surface area contributed by atoms with Crippen LogP contribution < -0.4 is 0 Å². The Balaban J connectivity index is 1.95. The molecule has 2 aliphatic rings. The van der Waals surface area contributed by atoms with Crippen LogP contribution >= 0.6 is 0 Å². The summed E-state index contributed by atoms with van der Waals surface area (Å²) in [5.74, 6) is 0. The zero-order valence-electron chi connectivity index (χ0n) is 12.5. The molecule has 1 saturated carbocycles. The van der Waals surface area contributed by atoms with E-state index in [9.17, 15) is 5.11 Å². The predicted octanol–water partition coefficient (Wildman–Crippen LogP) is 3.06. The molecule has 1 aliphatic heterocycles. The van der Waals surface area contributed by atoms with E-state index in [1.165, 1.54) is 29.5 Å². The average molecular weight is 259 g/mol. The summed E-state index contributed by atoms with van der Waals surface area (Å²) < 4.78 is 0. The summed E-state index contributed by atoms with van der Waals surface area (Å²) in [6.07, 6.45) is 3.49. The van der Waals surface area contributed by atoms with Gasteiger partial charge in [0.05, 0.1) is 0 Å². The number of β-amino-alcohol motifs (C(OH)–C–C–N with tert-alkyl or cyclic N) is 1. The van der Waals surface area contributed by atoms with Gasteiger partial charge in [-0.05, 0) is 69.2 Å². The van der Waals surface area contributed by atoms with Gasteiger partial charge in [-0.25, -0.2) is 0 Å². The van der Waals surface area contributed by atoms with E-state index in [0.29, 0.717) is 6.04 Å². The van der Waals surface area contributed by atoms with Crippen molar-refractivity contribution in [3.63, 3.8) is 0 Å². The molecular weight excluding hydrogens is 234 g/mol. The van der Waals surface area contributed by atoms with Gasteiger partial charge in [-0.2, -0.15) is 0 Å². The van der Waals surface area contributed by atoms with Crippen LogP contribution in [0.5, 0.6) is 0 Å². The first-order chi connectivity index (χ1) is 8.90. The van der Waals surface area contributed by atoms with Crippen molar-refractivity contribution in [2.75, 3.05) is 6.54 Å². The minimum Gasteiger partial charge on any atom is -0.384 e. The number of hydrogen-bond donors (Lipinski definition) is 1. The van der Waals surface area contributed by atoms with Crippen LogP contribution in [0, 0.1) is 20.8 Å². The Labute approximate surface area is 116 Å². The number of rotatable bonds is 2. The van der Waals surface area contributed by atoms with Gasteiger partial charge in [-0.3, -0.25) is 4.90 Å². The van der Waals surface area contributed by atoms with Crippen molar-refractivity contribution in [3.8, 4) is 0 Å². The lowest BCUT2D eigenvalue weighted by atomic mass is 9.86. The monoisotopic (exact) mass is 259 g/mol. The highest BCUT2D eigenvalue weighted by Crippen LogP contribution is 2.42. The molecule has 2 heteroatoms. The maximum absolute atomic E-state index is 11.1. The SMILES string of the molecule is Cc1cc(C)c(C2(O)CC(C)N(C3CC3)C2)cc1C. The summed E-state index contributed by atoms with van der Waals surface area (Å²) in [4.78, 5) is 2.51. The first-order valence-electron chi connectivity index (χ1n) is 7.47. The number of nitrogens with zero attached hydrogens (tertiary/aromatic N) is 1. The fraction of sp³-hybridized carbons (Fsp3) is 0.647. The van der Waals surface area contributed by atoms with Crippen molar-refractivity contribution in [2.45, 2.75) is 64.6 Å².